The number of carbonyl (C=O) groups is 2. The van der Waals surface area contributed by atoms with Crippen LogP contribution in [0.2, 0.25) is 0 Å². The highest BCUT2D eigenvalue weighted by Gasteiger charge is 2.41. The van der Waals surface area contributed by atoms with Gasteiger partial charge in [-0.25, -0.2) is 22.7 Å². The highest BCUT2D eigenvalue weighted by molar-refractivity contribution is 7.88. The molecule has 206 valence electrons. The first kappa shape index (κ1) is 31.5. The van der Waals surface area contributed by atoms with Crippen molar-refractivity contribution in [2.75, 3.05) is 32.5 Å². The molecule has 36 heavy (non-hydrogen) atoms. The maximum atomic E-state index is 11.2. The van der Waals surface area contributed by atoms with Gasteiger partial charge in [-0.2, -0.15) is 26.3 Å². The highest BCUT2D eigenvalue weighted by atomic mass is 32.2. The number of halogens is 6. The Balaban J connectivity index is 0.000000383. The Hall–Kier alpha value is -2.50. The molecule has 3 rings (SSSR count). The fourth-order valence-corrected chi connectivity index (χ4v) is 3.94. The molecule has 2 aliphatic heterocycles. The second-order valence-corrected chi connectivity index (χ2v) is 9.70. The number of carboxylic acid groups (broad SMARTS) is 2. The van der Waals surface area contributed by atoms with E-state index in [1.54, 1.807) is 0 Å². The number of hydrogen-bond donors (Lipinski definition) is 3. The SMILES string of the molecule is CS(=O)(=O)NC[C@H]1OC[C@H]2CN(Cc3ccccn3)CC[C@H]21.O=C(O)C(F)(F)F.O=C(O)C(F)(F)F. The summed E-state index contributed by atoms with van der Waals surface area (Å²) >= 11 is 0. The molecule has 0 saturated carbocycles. The van der Waals surface area contributed by atoms with E-state index in [1.807, 2.05) is 18.3 Å². The molecule has 0 aromatic carbocycles. The van der Waals surface area contributed by atoms with E-state index >= 15 is 0 Å². The number of likely N-dealkylation sites (tertiary alicyclic amines) is 1. The number of aliphatic carboxylic acids is 2. The predicted molar refractivity (Wildman–Crippen MR) is 111 cm³/mol. The molecule has 0 amide bonds. The van der Waals surface area contributed by atoms with Crippen LogP contribution in [0.25, 0.3) is 0 Å². The van der Waals surface area contributed by atoms with Gasteiger partial charge in [0, 0.05) is 31.7 Å². The van der Waals surface area contributed by atoms with Gasteiger partial charge < -0.3 is 14.9 Å². The van der Waals surface area contributed by atoms with E-state index in [-0.39, 0.29) is 6.10 Å². The van der Waals surface area contributed by atoms with Crippen LogP contribution < -0.4 is 4.72 Å². The maximum Gasteiger partial charge on any atom is 0.490 e. The first-order valence-corrected chi connectivity index (χ1v) is 12.1. The summed E-state index contributed by atoms with van der Waals surface area (Å²) in [7, 11) is -3.15. The van der Waals surface area contributed by atoms with Gasteiger partial charge in [0.2, 0.25) is 10.0 Å². The van der Waals surface area contributed by atoms with Gasteiger partial charge in [-0.05, 0) is 31.0 Å². The van der Waals surface area contributed by atoms with Crippen molar-refractivity contribution in [3.8, 4) is 0 Å². The molecular weight excluding hydrogens is 528 g/mol. The Morgan fingerprint density at radius 1 is 1.14 bits per heavy atom. The van der Waals surface area contributed by atoms with Crippen LogP contribution in [-0.2, 0) is 30.9 Å². The molecule has 3 N–H and O–H groups in total. The second-order valence-electron chi connectivity index (χ2n) is 7.87. The number of piperidine rings is 1. The molecule has 0 spiro atoms. The van der Waals surface area contributed by atoms with Crippen LogP contribution in [0.3, 0.4) is 0 Å². The lowest BCUT2D eigenvalue weighted by atomic mass is 9.84. The zero-order valence-corrected chi connectivity index (χ0v) is 19.6. The van der Waals surface area contributed by atoms with Crippen molar-refractivity contribution in [3.05, 3.63) is 30.1 Å². The van der Waals surface area contributed by atoms with Gasteiger partial charge >= 0.3 is 24.3 Å². The molecule has 17 heteroatoms. The zero-order valence-electron chi connectivity index (χ0n) is 18.8. The maximum absolute atomic E-state index is 11.2. The summed E-state index contributed by atoms with van der Waals surface area (Å²) in [6.07, 6.45) is -6.09. The molecule has 0 unspecified atom stereocenters. The van der Waals surface area contributed by atoms with Crippen LogP contribution in [0, 0.1) is 11.8 Å². The molecule has 0 radical (unpaired) electrons. The van der Waals surface area contributed by atoms with Gasteiger partial charge in [-0.3, -0.25) is 9.88 Å². The monoisotopic (exact) mass is 553 g/mol. The number of hydrogen-bond acceptors (Lipinski definition) is 7. The average Bonchev–Trinajstić information content (AvgIpc) is 3.14. The smallest absolute Gasteiger partial charge is 0.475 e. The third-order valence-corrected chi connectivity index (χ3v) is 5.71. The fourth-order valence-electron chi connectivity index (χ4n) is 3.47. The predicted octanol–water partition coefficient (Wildman–Crippen LogP) is 1.73. The standard InChI is InChI=1S/C15H23N3O3S.2C2HF3O2/c1-22(19,20)17-8-15-14-5-7-18(9-12(14)11-21-15)10-13-4-2-3-6-16-13;2*3-2(4,5)1(6)7/h2-4,6,12,14-15,17H,5,7-11H2,1H3;2*(H,6,7)/t12-,14-,15-;;/m1../s1. The van der Waals surface area contributed by atoms with Crippen molar-refractivity contribution in [1.29, 1.82) is 0 Å². The van der Waals surface area contributed by atoms with Gasteiger partial charge in [-0.15, -0.1) is 0 Å². The number of aromatic nitrogens is 1. The minimum Gasteiger partial charge on any atom is -0.475 e. The molecule has 2 saturated heterocycles. The first-order chi connectivity index (χ1) is 16.4. The molecule has 2 fully saturated rings. The van der Waals surface area contributed by atoms with Crippen LogP contribution in [-0.4, -0.2) is 91.4 Å². The van der Waals surface area contributed by atoms with Crippen LogP contribution in [0.1, 0.15) is 12.1 Å². The highest BCUT2D eigenvalue weighted by Crippen LogP contribution is 2.34. The molecule has 0 aliphatic carbocycles. The molecule has 10 nitrogen and oxygen atoms in total. The summed E-state index contributed by atoms with van der Waals surface area (Å²) in [5, 5.41) is 14.2. The summed E-state index contributed by atoms with van der Waals surface area (Å²) in [6, 6.07) is 6.00. The van der Waals surface area contributed by atoms with Crippen molar-refractivity contribution in [2.45, 2.75) is 31.4 Å². The lowest BCUT2D eigenvalue weighted by Crippen LogP contribution is -2.43. The number of pyridine rings is 1. The van der Waals surface area contributed by atoms with Crippen molar-refractivity contribution < 1.29 is 59.3 Å². The Labute approximate surface area is 202 Å². The fraction of sp³-hybridized carbons (Fsp3) is 0.632. The minimum absolute atomic E-state index is 0.0109. The average molecular weight is 553 g/mol. The summed E-state index contributed by atoms with van der Waals surface area (Å²) < 4.78 is 94.3. The largest absolute Gasteiger partial charge is 0.490 e. The molecule has 1 aromatic rings. The molecule has 0 bridgehead atoms. The number of ether oxygens (including phenoxy) is 1. The van der Waals surface area contributed by atoms with Crippen molar-refractivity contribution >= 4 is 22.0 Å². The summed E-state index contributed by atoms with van der Waals surface area (Å²) in [5.41, 5.74) is 1.09. The molecular formula is C19H25F6N3O7S. The van der Waals surface area contributed by atoms with Gasteiger partial charge in [0.1, 0.15) is 0 Å². The Morgan fingerprint density at radius 3 is 2.14 bits per heavy atom. The Morgan fingerprint density at radius 2 is 1.69 bits per heavy atom. The van der Waals surface area contributed by atoms with E-state index in [0.29, 0.717) is 18.4 Å². The third-order valence-electron chi connectivity index (χ3n) is 5.02. The summed E-state index contributed by atoms with van der Waals surface area (Å²) in [5.74, 6) is -4.57. The van der Waals surface area contributed by atoms with Crippen LogP contribution in [0.15, 0.2) is 24.4 Å². The molecule has 2 aliphatic rings. The van der Waals surface area contributed by atoms with E-state index in [2.05, 4.69) is 20.7 Å². The lowest BCUT2D eigenvalue weighted by Gasteiger charge is -2.35. The van der Waals surface area contributed by atoms with Gasteiger partial charge in [0.05, 0.1) is 24.7 Å². The Bertz CT molecular complexity index is 937. The minimum atomic E-state index is -5.08. The number of carboxylic acids is 2. The van der Waals surface area contributed by atoms with Crippen LogP contribution in [0.4, 0.5) is 26.3 Å². The van der Waals surface area contributed by atoms with E-state index in [1.165, 1.54) is 6.26 Å². The van der Waals surface area contributed by atoms with E-state index in [0.717, 1.165) is 38.4 Å². The third kappa shape index (κ3) is 12.0. The van der Waals surface area contributed by atoms with E-state index in [9.17, 15) is 34.8 Å². The quantitative estimate of drug-likeness (QED) is 0.464. The molecule has 1 aromatic heterocycles. The van der Waals surface area contributed by atoms with Crippen LogP contribution in [0.5, 0.6) is 0 Å². The van der Waals surface area contributed by atoms with Crippen molar-refractivity contribution in [3.63, 3.8) is 0 Å². The second kappa shape index (κ2) is 13.2. The number of sulfonamides is 1. The van der Waals surface area contributed by atoms with Crippen LogP contribution >= 0.6 is 0 Å². The van der Waals surface area contributed by atoms with E-state index in [4.69, 9.17) is 24.5 Å². The van der Waals surface area contributed by atoms with Gasteiger partial charge in [0.25, 0.3) is 0 Å². The Kier molecular flexibility index (Phi) is 11.5. The first-order valence-electron chi connectivity index (χ1n) is 10.2. The van der Waals surface area contributed by atoms with Gasteiger partial charge in [0.15, 0.2) is 0 Å². The zero-order chi connectivity index (χ0) is 27.7. The molecule has 3 heterocycles. The summed E-state index contributed by atoms with van der Waals surface area (Å²) in [4.78, 5) is 24.6. The number of nitrogens with zero attached hydrogens (tertiary/aromatic N) is 2. The topological polar surface area (TPSA) is 146 Å². The van der Waals surface area contributed by atoms with Gasteiger partial charge in [-0.1, -0.05) is 6.07 Å². The number of fused-ring (bicyclic) bond motifs is 1. The normalized spacial score (nSPS) is 22.4. The molecule has 3 atom stereocenters. The number of alkyl halides is 6. The van der Waals surface area contributed by atoms with Crippen molar-refractivity contribution in [1.82, 2.24) is 14.6 Å². The van der Waals surface area contributed by atoms with Crippen molar-refractivity contribution in [2.24, 2.45) is 11.8 Å². The number of rotatable bonds is 5. The van der Waals surface area contributed by atoms with E-state index < -0.39 is 34.3 Å². The summed E-state index contributed by atoms with van der Waals surface area (Å²) in [6.45, 7) is 3.99. The number of nitrogens with one attached hydrogen (secondary N) is 1. The lowest BCUT2D eigenvalue weighted by molar-refractivity contribution is -0.193.